The van der Waals surface area contributed by atoms with Gasteiger partial charge >= 0.3 is 5.97 Å². The molecule has 1 aliphatic heterocycles. The van der Waals surface area contributed by atoms with Crippen LogP contribution in [0.4, 0.5) is 0 Å². The highest BCUT2D eigenvalue weighted by Crippen LogP contribution is 2.29. The molecule has 1 aliphatic rings. The van der Waals surface area contributed by atoms with Crippen LogP contribution in [0, 0.1) is 11.3 Å². The van der Waals surface area contributed by atoms with Crippen molar-refractivity contribution in [2.45, 2.75) is 26.7 Å². The fourth-order valence-electron chi connectivity index (χ4n) is 1.91. The molecule has 0 spiro atoms. The van der Waals surface area contributed by atoms with Crippen LogP contribution in [-0.4, -0.2) is 26.2 Å². The Hall–Kier alpha value is -0.830. The minimum Gasteiger partial charge on any atom is -0.469 e. The Labute approximate surface area is 92.9 Å². The van der Waals surface area contributed by atoms with Crippen LogP contribution >= 0.6 is 0 Å². The second-order valence-electron chi connectivity index (χ2n) is 4.55. The predicted molar refractivity (Wildman–Crippen MR) is 62.6 cm³/mol. The summed E-state index contributed by atoms with van der Waals surface area (Å²) in [5.41, 5.74) is 0.204. The van der Waals surface area contributed by atoms with Gasteiger partial charge in [0.25, 0.3) is 0 Å². The maximum atomic E-state index is 11.4. The Balaban J connectivity index is 0.000000921. The molecule has 1 N–H and O–H groups in total. The Morgan fingerprint density at radius 1 is 1.47 bits per heavy atom. The predicted octanol–water partition coefficient (Wildman–Crippen LogP) is 1.99. The van der Waals surface area contributed by atoms with E-state index in [9.17, 15) is 4.79 Å². The number of hydrogen-bond donors (Lipinski definition) is 1. The van der Waals surface area contributed by atoms with Crippen LogP contribution in [0.5, 0.6) is 0 Å². The Morgan fingerprint density at radius 3 is 2.60 bits per heavy atom. The number of esters is 1. The first-order chi connectivity index (χ1) is 7.05. The lowest BCUT2D eigenvalue weighted by atomic mass is 9.83. The van der Waals surface area contributed by atoms with Gasteiger partial charge in [-0.2, -0.15) is 0 Å². The van der Waals surface area contributed by atoms with Crippen LogP contribution in [0.3, 0.4) is 0 Å². The zero-order valence-corrected chi connectivity index (χ0v) is 10.1. The number of methoxy groups -OCH3 is 1. The van der Waals surface area contributed by atoms with Crippen LogP contribution in [0.2, 0.25) is 0 Å². The van der Waals surface area contributed by atoms with Crippen LogP contribution < -0.4 is 5.32 Å². The fraction of sp³-hybridized carbons (Fsp3) is 0.750. The second kappa shape index (κ2) is 6.62. The van der Waals surface area contributed by atoms with Gasteiger partial charge < -0.3 is 10.1 Å². The first kappa shape index (κ1) is 14.2. The van der Waals surface area contributed by atoms with Gasteiger partial charge in [0, 0.05) is 6.54 Å². The minimum atomic E-state index is -0.0585. The summed E-state index contributed by atoms with van der Waals surface area (Å²) in [6.07, 6.45) is 1.82. The Kier molecular flexibility index (Phi) is 6.25. The van der Waals surface area contributed by atoms with Crippen LogP contribution in [0.25, 0.3) is 0 Å². The first-order valence-electron chi connectivity index (χ1n) is 5.34. The first-order valence-corrected chi connectivity index (χ1v) is 5.34. The molecule has 1 fully saturated rings. The summed E-state index contributed by atoms with van der Waals surface area (Å²) in [7, 11) is 1.47. The van der Waals surface area contributed by atoms with Crippen molar-refractivity contribution in [3.63, 3.8) is 0 Å². The zero-order chi connectivity index (χ0) is 11.9. The summed E-state index contributed by atoms with van der Waals surface area (Å²) in [4.78, 5) is 11.4. The standard InChI is InChI=1S/C10H19NO2.C2H4/c1-10(2)6-8(9(12)13-3)4-5-11-7-10;1-2/h8,11H,4-7H2,1-3H3;1-2H2. The molecular formula is C12H23NO2. The van der Waals surface area contributed by atoms with Gasteiger partial charge in [-0.25, -0.2) is 0 Å². The molecule has 15 heavy (non-hydrogen) atoms. The van der Waals surface area contributed by atoms with E-state index in [0.717, 1.165) is 25.9 Å². The van der Waals surface area contributed by atoms with E-state index in [1.807, 2.05) is 0 Å². The average molecular weight is 213 g/mol. The van der Waals surface area contributed by atoms with E-state index in [1.54, 1.807) is 0 Å². The van der Waals surface area contributed by atoms with Crippen molar-refractivity contribution < 1.29 is 9.53 Å². The van der Waals surface area contributed by atoms with Gasteiger partial charge in [0.05, 0.1) is 13.0 Å². The Bertz CT molecular complexity index is 202. The lowest BCUT2D eigenvalue weighted by Gasteiger charge is -2.24. The zero-order valence-electron chi connectivity index (χ0n) is 10.1. The summed E-state index contributed by atoms with van der Waals surface area (Å²) in [5.74, 6) is 0.0202. The third-order valence-electron chi connectivity index (χ3n) is 2.61. The lowest BCUT2D eigenvalue weighted by Crippen LogP contribution is -2.28. The third-order valence-corrected chi connectivity index (χ3v) is 2.61. The maximum Gasteiger partial charge on any atom is 0.308 e. The number of carbonyl (C=O) groups excluding carboxylic acids is 1. The fourth-order valence-corrected chi connectivity index (χ4v) is 1.91. The molecular weight excluding hydrogens is 190 g/mol. The molecule has 88 valence electrons. The maximum absolute atomic E-state index is 11.4. The van der Waals surface area contributed by atoms with Gasteiger partial charge in [-0.1, -0.05) is 13.8 Å². The summed E-state index contributed by atoms with van der Waals surface area (Å²) < 4.78 is 4.77. The van der Waals surface area contributed by atoms with E-state index >= 15 is 0 Å². The number of nitrogens with one attached hydrogen (secondary N) is 1. The molecule has 0 saturated carbocycles. The van der Waals surface area contributed by atoms with Gasteiger partial charge in [0.1, 0.15) is 0 Å². The summed E-state index contributed by atoms with van der Waals surface area (Å²) in [5, 5.41) is 3.34. The van der Waals surface area contributed by atoms with E-state index in [2.05, 4.69) is 32.3 Å². The molecule has 0 bridgehead atoms. The molecule has 0 aliphatic carbocycles. The van der Waals surface area contributed by atoms with Crippen LogP contribution in [0.1, 0.15) is 26.7 Å². The monoisotopic (exact) mass is 213 g/mol. The molecule has 1 saturated heterocycles. The van der Waals surface area contributed by atoms with Gasteiger partial charge in [-0.3, -0.25) is 4.79 Å². The van der Waals surface area contributed by atoms with E-state index in [1.165, 1.54) is 7.11 Å². The number of ether oxygens (including phenoxy) is 1. The SMILES string of the molecule is C=C.COC(=O)C1CCNCC(C)(C)C1. The quantitative estimate of drug-likeness (QED) is 0.535. The van der Waals surface area contributed by atoms with E-state index in [-0.39, 0.29) is 17.3 Å². The van der Waals surface area contributed by atoms with Gasteiger partial charge in [0.2, 0.25) is 0 Å². The largest absolute Gasteiger partial charge is 0.469 e. The van der Waals surface area contributed by atoms with E-state index in [0.29, 0.717) is 0 Å². The van der Waals surface area contributed by atoms with Crippen molar-refractivity contribution in [2.75, 3.05) is 20.2 Å². The summed E-state index contributed by atoms with van der Waals surface area (Å²) >= 11 is 0. The molecule has 0 aromatic carbocycles. The topological polar surface area (TPSA) is 38.3 Å². The third kappa shape index (κ3) is 4.98. The van der Waals surface area contributed by atoms with Crippen molar-refractivity contribution in [1.29, 1.82) is 0 Å². The number of rotatable bonds is 1. The second-order valence-corrected chi connectivity index (χ2v) is 4.55. The smallest absolute Gasteiger partial charge is 0.308 e. The lowest BCUT2D eigenvalue weighted by molar-refractivity contribution is -0.146. The summed E-state index contributed by atoms with van der Waals surface area (Å²) in [6, 6.07) is 0. The highest BCUT2D eigenvalue weighted by Gasteiger charge is 2.30. The van der Waals surface area contributed by atoms with Crippen LogP contribution in [0.15, 0.2) is 13.2 Å². The van der Waals surface area contributed by atoms with Gasteiger partial charge in [-0.05, 0) is 24.8 Å². The van der Waals surface area contributed by atoms with E-state index in [4.69, 9.17) is 4.74 Å². The van der Waals surface area contributed by atoms with Gasteiger partial charge in [0.15, 0.2) is 0 Å². The molecule has 3 heteroatoms. The van der Waals surface area contributed by atoms with Crippen molar-refractivity contribution in [2.24, 2.45) is 11.3 Å². The van der Waals surface area contributed by atoms with Crippen molar-refractivity contribution in [3.8, 4) is 0 Å². The van der Waals surface area contributed by atoms with Crippen molar-refractivity contribution in [3.05, 3.63) is 13.2 Å². The van der Waals surface area contributed by atoms with E-state index < -0.39 is 0 Å². The van der Waals surface area contributed by atoms with Crippen molar-refractivity contribution in [1.82, 2.24) is 5.32 Å². The van der Waals surface area contributed by atoms with Gasteiger partial charge in [-0.15, -0.1) is 13.2 Å². The molecule has 0 aromatic heterocycles. The van der Waals surface area contributed by atoms with Crippen molar-refractivity contribution >= 4 is 5.97 Å². The Morgan fingerprint density at radius 2 is 2.07 bits per heavy atom. The molecule has 0 amide bonds. The average Bonchev–Trinajstić information content (AvgIpc) is 2.41. The molecule has 1 unspecified atom stereocenters. The molecule has 1 atom stereocenters. The number of hydrogen-bond acceptors (Lipinski definition) is 3. The molecule has 1 heterocycles. The summed E-state index contributed by atoms with van der Waals surface area (Å²) in [6.45, 7) is 12.3. The van der Waals surface area contributed by atoms with Crippen LogP contribution in [-0.2, 0) is 9.53 Å². The molecule has 3 nitrogen and oxygen atoms in total. The number of carbonyl (C=O) groups is 1. The highest BCUT2D eigenvalue weighted by atomic mass is 16.5. The highest BCUT2D eigenvalue weighted by molar-refractivity contribution is 5.72. The minimum absolute atomic E-state index is 0.0585. The normalized spacial score (nSPS) is 24.3. The molecule has 0 aromatic rings. The molecule has 0 radical (unpaired) electrons. The molecule has 1 rings (SSSR count).